The third-order valence-corrected chi connectivity index (χ3v) is 4.33. The lowest BCUT2D eigenvalue weighted by atomic mass is 10.0. The first-order chi connectivity index (χ1) is 11.1. The summed E-state index contributed by atoms with van der Waals surface area (Å²) >= 11 is 0. The lowest BCUT2D eigenvalue weighted by Crippen LogP contribution is -2.33. The quantitative estimate of drug-likeness (QED) is 0.790. The lowest BCUT2D eigenvalue weighted by molar-refractivity contribution is -0.132. The number of aromatic nitrogens is 3. The van der Waals surface area contributed by atoms with Crippen LogP contribution in [0.15, 0.2) is 36.9 Å². The van der Waals surface area contributed by atoms with E-state index in [1.165, 1.54) is 17.5 Å². The molecule has 0 spiro atoms. The van der Waals surface area contributed by atoms with Gasteiger partial charge in [0.1, 0.15) is 12.7 Å². The molecule has 1 heterocycles. The fraction of sp³-hybridized carbons (Fsp3) is 0.500. The number of rotatable bonds is 7. The van der Waals surface area contributed by atoms with Gasteiger partial charge in [-0.1, -0.05) is 38.1 Å². The molecule has 2 aromatic rings. The largest absolute Gasteiger partial charge is 0.335 e. The van der Waals surface area contributed by atoms with Crippen molar-refractivity contribution in [3.63, 3.8) is 0 Å². The molecule has 0 atom stereocenters. The molecule has 0 aliphatic heterocycles. The fourth-order valence-corrected chi connectivity index (χ4v) is 2.71. The Morgan fingerprint density at radius 3 is 2.61 bits per heavy atom. The SMILES string of the molecule is CC(C)c1ccc(CN(C(=O)CCn2cncn2)C2CC2)cc1. The molecular formula is C18H24N4O. The minimum atomic E-state index is 0.205. The Bertz CT molecular complexity index is 630. The van der Waals surface area contributed by atoms with Crippen LogP contribution in [-0.2, 0) is 17.9 Å². The molecule has 23 heavy (non-hydrogen) atoms. The number of hydrogen-bond acceptors (Lipinski definition) is 3. The molecule has 1 aliphatic carbocycles. The molecule has 1 aromatic heterocycles. The van der Waals surface area contributed by atoms with Crippen molar-refractivity contribution >= 4 is 5.91 Å². The molecule has 5 nitrogen and oxygen atoms in total. The fourth-order valence-electron chi connectivity index (χ4n) is 2.71. The maximum atomic E-state index is 12.6. The maximum absolute atomic E-state index is 12.6. The Kier molecular flexibility index (Phi) is 4.74. The van der Waals surface area contributed by atoms with Gasteiger partial charge in [-0.2, -0.15) is 5.10 Å². The van der Waals surface area contributed by atoms with Gasteiger partial charge in [0.05, 0.1) is 6.54 Å². The van der Waals surface area contributed by atoms with Crippen molar-refractivity contribution in [3.8, 4) is 0 Å². The first kappa shape index (κ1) is 15.7. The summed E-state index contributed by atoms with van der Waals surface area (Å²) in [7, 11) is 0. The highest BCUT2D eigenvalue weighted by molar-refractivity contribution is 5.76. The predicted octanol–water partition coefficient (Wildman–Crippen LogP) is 2.98. The number of hydrogen-bond donors (Lipinski definition) is 0. The van der Waals surface area contributed by atoms with Crippen molar-refractivity contribution < 1.29 is 4.79 Å². The topological polar surface area (TPSA) is 51.0 Å². The zero-order valence-electron chi connectivity index (χ0n) is 13.9. The first-order valence-corrected chi connectivity index (χ1v) is 8.34. The van der Waals surface area contributed by atoms with E-state index in [-0.39, 0.29) is 5.91 Å². The average molecular weight is 312 g/mol. The summed E-state index contributed by atoms with van der Waals surface area (Å²) in [5.74, 6) is 0.740. The second-order valence-corrected chi connectivity index (χ2v) is 6.56. The van der Waals surface area contributed by atoms with E-state index in [1.54, 1.807) is 11.0 Å². The van der Waals surface area contributed by atoms with Crippen LogP contribution in [0.25, 0.3) is 0 Å². The van der Waals surface area contributed by atoms with Crippen LogP contribution < -0.4 is 0 Å². The Hall–Kier alpha value is -2.17. The van der Waals surface area contributed by atoms with E-state index in [1.807, 2.05) is 4.90 Å². The Morgan fingerprint density at radius 1 is 1.30 bits per heavy atom. The highest BCUT2D eigenvalue weighted by Crippen LogP contribution is 2.29. The predicted molar refractivity (Wildman–Crippen MR) is 88.7 cm³/mol. The van der Waals surface area contributed by atoms with Crippen LogP contribution >= 0.6 is 0 Å². The molecule has 0 unspecified atom stereocenters. The maximum Gasteiger partial charge on any atom is 0.224 e. The standard InChI is InChI=1S/C18H24N4O/c1-14(2)16-5-3-15(4-6-16)11-22(17-7-8-17)18(23)9-10-21-13-19-12-20-21/h3-6,12-14,17H,7-11H2,1-2H3. The smallest absolute Gasteiger partial charge is 0.224 e. The second kappa shape index (κ2) is 6.94. The zero-order valence-corrected chi connectivity index (χ0v) is 13.9. The van der Waals surface area contributed by atoms with Gasteiger partial charge in [-0.15, -0.1) is 0 Å². The summed E-state index contributed by atoms with van der Waals surface area (Å²) in [5.41, 5.74) is 2.54. The first-order valence-electron chi connectivity index (χ1n) is 8.34. The summed E-state index contributed by atoms with van der Waals surface area (Å²) < 4.78 is 1.71. The molecule has 1 fully saturated rings. The summed E-state index contributed by atoms with van der Waals surface area (Å²) in [6.45, 7) is 5.69. The van der Waals surface area contributed by atoms with Crippen LogP contribution in [0, 0.1) is 0 Å². The highest BCUT2D eigenvalue weighted by atomic mass is 16.2. The van der Waals surface area contributed by atoms with Crippen LogP contribution in [-0.4, -0.2) is 31.6 Å². The molecule has 3 rings (SSSR count). The minimum absolute atomic E-state index is 0.205. The zero-order chi connectivity index (χ0) is 16.2. The van der Waals surface area contributed by atoms with E-state index in [0.29, 0.717) is 31.5 Å². The monoisotopic (exact) mass is 312 g/mol. The summed E-state index contributed by atoms with van der Waals surface area (Å²) in [6.07, 6.45) is 5.88. The minimum Gasteiger partial charge on any atom is -0.335 e. The molecule has 1 aromatic carbocycles. The molecule has 1 aliphatic rings. The van der Waals surface area contributed by atoms with Crippen LogP contribution in [0.5, 0.6) is 0 Å². The van der Waals surface area contributed by atoms with Gasteiger partial charge in [0.25, 0.3) is 0 Å². The molecule has 0 radical (unpaired) electrons. The van der Waals surface area contributed by atoms with Crippen molar-refractivity contribution in [2.75, 3.05) is 0 Å². The molecule has 1 amide bonds. The number of benzene rings is 1. The van der Waals surface area contributed by atoms with Gasteiger partial charge >= 0.3 is 0 Å². The van der Waals surface area contributed by atoms with Gasteiger partial charge in [0.15, 0.2) is 0 Å². The van der Waals surface area contributed by atoms with E-state index in [2.05, 4.69) is 48.2 Å². The Morgan fingerprint density at radius 2 is 2.04 bits per heavy atom. The summed E-state index contributed by atoms with van der Waals surface area (Å²) in [5, 5.41) is 4.05. The van der Waals surface area contributed by atoms with Crippen molar-refractivity contribution in [3.05, 3.63) is 48.0 Å². The lowest BCUT2D eigenvalue weighted by Gasteiger charge is -2.23. The van der Waals surface area contributed by atoms with E-state index in [9.17, 15) is 4.79 Å². The normalized spacial score (nSPS) is 14.2. The summed E-state index contributed by atoms with van der Waals surface area (Å²) in [6, 6.07) is 9.06. The van der Waals surface area contributed by atoms with Crippen molar-refractivity contribution in [1.82, 2.24) is 19.7 Å². The molecule has 0 N–H and O–H groups in total. The van der Waals surface area contributed by atoms with Crippen molar-refractivity contribution in [2.45, 2.75) is 58.2 Å². The van der Waals surface area contributed by atoms with Gasteiger partial charge in [-0.05, 0) is 29.9 Å². The molecular weight excluding hydrogens is 288 g/mol. The van der Waals surface area contributed by atoms with E-state index in [4.69, 9.17) is 0 Å². The van der Waals surface area contributed by atoms with Crippen molar-refractivity contribution in [2.24, 2.45) is 0 Å². The number of nitrogens with zero attached hydrogens (tertiary/aromatic N) is 4. The Labute approximate surface area is 137 Å². The Balaban J connectivity index is 1.61. The van der Waals surface area contributed by atoms with Crippen LogP contribution in [0.1, 0.15) is 50.2 Å². The molecule has 5 heteroatoms. The van der Waals surface area contributed by atoms with Gasteiger partial charge in [-0.25, -0.2) is 4.98 Å². The van der Waals surface area contributed by atoms with Crippen LogP contribution in [0.3, 0.4) is 0 Å². The van der Waals surface area contributed by atoms with E-state index < -0.39 is 0 Å². The average Bonchev–Trinajstić information content (AvgIpc) is 3.26. The van der Waals surface area contributed by atoms with Gasteiger partial charge < -0.3 is 4.90 Å². The van der Waals surface area contributed by atoms with E-state index in [0.717, 1.165) is 12.8 Å². The van der Waals surface area contributed by atoms with Crippen LogP contribution in [0.2, 0.25) is 0 Å². The number of carbonyl (C=O) groups excluding carboxylic acids is 1. The highest BCUT2D eigenvalue weighted by Gasteiger charge is 2.32. The molecule has 122 valence electrons. The molecule has 0 saturated heterocycles. The second-order valence-electron chi connectivity index (χ2n) is 6.56. The van der Waals surface area contributed by atoms with Gasteiger partial charge in [0.2, 0.25) is 5.91 Å². The van der Waals surface area contributed by atoms with Crippen molar-refractivity contribution in [1.29, 1.82) is 0 Å². The van der Waals surface area contributed by atoms with Crippen LogP contribution in [0.4, 0.5) is 0 Å². The number of amides is 1. The van der Waals surface area contributed by atoms with Gasteiger partial charge in [-0.3, -0.25) is 9.48 Å². The summed E-state index contributed by atoms with van der Waals surface area (Å²) in [4.78, 5) is 18.5. The van der Waals surface area contributed by atoms with E-state index >= 15 is 0 Å². The number of aryl methyl sites for hydroxylation is 1. The third-order valence-electron chi connectivity index (χ3n) is 4.33. The third kappa shape index (κ3) is 4.18. The molecule has 1 saturated carbocycles. The van der Waals surface area contributed by atoms with Gasteiger partial charge in [0, 0.05) is 19.0 Å². The number of carbonyl (C=O) groups is 1. The molecule has 0 bridgehead atoms.